The quantitative estimate of drug-likeness (QED) is 0.727. The number of halogens is 1. The second-order valence-corrected chi connectivity index (χ2v) is 8.78. The van der Waals surface area contributed by atoms with Gasteiger partial charge in [0.15, 0.2) is 0 Å². The number of hydrogen-bond acceptors (Lipinski definition) is 6. The summed E-state index contributed by atoms with van der Waals surface area (Å²) in [5.41, 5.74) is 0.666. The zero-order chi connectivity index (χ0) is 19.4. The molecule has 2 aliphatic heterocycles. The summed E-state index contributed by atoms with van der Waals surface area (Å²) in [6, 6.07) is 5.19. The molecule has 3 rings (SSSR count). The normalized spacial score (nSPS) is 21.1. The van der Waals surface area contributed by atoms with Crippen molar-refractivity contribution in [1.82, 2.24) is 14.5 Å². The number of carbonyl (C=O) groups is 1. The van der Waals surface area contributed by atoms with Gasteiger partial charge in [0.2, 0.25) is 15.9 Å². The molecule has 8 nitrogen and oxygen atoms in total. The molecule has 10 heteroatoms. The van der Waals surface area contributed by atoms with Crippen molar-refractivity contribution in [3.05, 3.63) is 23.8 Å². The summed E-state index contributed by atoms with van der Waals surface area (Å²) in [6.45, 7) is 5.51. The number of ether oxygens (including phenoxy) is 2. The van der Waals surface area contributed by atoms with Crippen LogP contribution in [0.25, 0.3) is 0 Å². The van der Waals surface area contributed by atoms with E-state index < -0.39 is 10.0 Å². The molecule has 1 N–H and O–H groups in total. The molecule has 158 valence electrons. The van der Waals surface area contributed by atoms with E-state index in [9.17, 15) is 13.2 Å². The van der Waals surface area contributed by atoms with Crippen LogP contribution in [0.1, 0.15) is 12.5 Å². The van der Waals surface area contributed by atoms with Gasteiger partial charge in [-0.05, 0) is 24.6 Å². The largest absolute Gasteiger partial charge is 0.495 e. The lowest BCUT2D eigenvalue weighted by atomic mass is 10.1. The lowest BCUT2D eigenvalue weighted by Crippen LogP contribution is -2.51. The SMILES string of the molecule is COc1ccc(CC(=O)N2CCNC(C)C2)cc1S(=O)(=O)N1CCOCC1.Cl. The van der Waals surface area contributed by atoms with Crippen LogP contribution in [0.4, 0.5) is 0 Å². The second kappa shape index (κ2) is 9.89. The summed E-state index contributed by atoms with van der Waals surface area (Å²) in [5.74, 6) is 0.289. The van der Waals surface area contributed by atoms with Crippen LogP contribution in [0, 0.1) is 0 Å². The van der Waals surface area contributed by atoms with E-state index in [1.54, 1.807) is 18.2 Å². The highest BCUT2D eigenvalue weighted by molar-refractivity contribution is 7.89. The van der Waals surface area contributed by atoms with E-state index >= 15 is 0 Å². The Morgan fingerprint density at radius 3 is 2.64 bits per heavy atom. The number of nitrogens with one attached hydrogen (secondary N) is 1. The van der Waals surface area contributed by atoms with Crippen molar-refractivity contribution in [2.75, 3.05) is 53.0 Å². The number of methoxy groups -OCH3 is 1. The fraction of sp³-hybridized carbons (Fsp3) is 0.611. The minimum absolute atomic E-state index is 0. The lowest BCUT2D eigenvalue weighted by Gasteiger charge is -2.32. The van der Waals surface area contributed by atoms with Crippen molar-refractivity contribution in [3.8, 4) is 5.75 Å². The van der Waals surface area contributed by atoms with E-state index in [1.165, 1.54) is 11.4 Å². The van der Waals surface area contributed by atoms with E-state index in [2.05, 4.69) is 5.32 Å². The zero-order valence-corrected chi connectivity index (χ0v) is 17.9. The van der Waals surface area contributed by atoms with Crippen molar-refractivity contribution in [1.29, 1.82) is 0 Å². The van der Waals surface area contributed by atoms with Gasteiger partial charge in [0.05, 0.1) is 26.7 Å². The average Bonchev–Trinajstić information content (AvgIpc) is 2.68. The molecule has 2 aliphatic rings. The van der Waals surface area contributed by atoms with Crippen molar-refractivity contribution >= 4 is 28.3 Å². The van der Waals surface area contributed by atoms with E-state index in [0.29, 0.717) is 45.0 Å². The molecule has 0 spiro atoms. The van der Waals surface area contributed by atoms with Gasteiger partial charge in [-0.15, -0.1) is 12.4 Å². The summed E-state index contributed by atoms with van der Waals surface area (Å²) >= 11 is 0. The van der Waals surface area contributed by atoms with Crippen LogP contribution >= 0.6 is 12.4 Å². The van der Waals surface area contributed by atoms with Crippen LogP contribution in [0.5, 0.6) is 5.75 Å². The molecule has 0 aromatic heterocycles. The minimum atomic E-state index is -3.70. The van der Waals surface area contributed by atoms with Gasteiger partial charge < -0.3 is 19.7 Å². The highest BCUT2D eigenvalue weighted by Crippen LogP contribution is 2.28. The predicted octanol–water partition coefficient (Wildman–Crippen LogP) is 0.501. The minimum Gasteiger partial charge on any atom is -0.495 e. The van der Waals surface area contributed by atoms with E-state index in [4.69, 9.17) is 9.47 Å². The standard InChI is InChI=1S/C18H27N3O5S.ClH/c1-14-13-20(6-5-19-14)18(22)12-15-3-4-16(25-2)17(11-15)27(23,24)21-7-9-26-10-8-21;/h3-4,11,14,19H,5-10,12-13H2,1-2H3;1H. The number of benzene rings is 1. The Morgan fingerprint density at radius 2 is 2.00 bits per heavy atom. The van der Waals surface area contributed by atoms with Gasteiger partial charge >= 0.3 is 0 Å². The number of amides is 1. The number of rotatable bonds is 5. The van der Waals surface area contributed by atoms with Crippen molar-refractivity contribution in [3.63, 3.8) is 0 Å². The van der Waals surface area contributed by atoms with Crippen LogP contribution in [-0.4, -0.2) is 82.6 Å². The number of morpholine rings is 1. The van der Waals surface area contributed by atoms with Crippen molar-refractivity contribution in [2.45, 2.75) is 24.3 Å². The van der Waals surface area contributed by atoms with Gasteiger partial charge in [-0.2, -0.15) is 4.31 Å². The second-order valence-electron chi connectivity index (χ2n) is 6.87. The summed E-state index contributed by atoms with van der Waals surface area (Å²) in [5, 5.41) is 3.31. The molecule has 2 heterocycles. The van der Waals surface area contributed by atoms with Crippen molar-refractivity contribution in [2.24, 2.45) is 0 Å². The van der Waals surface area contributed by atoms with Crippen molar-refractivity contribution < 1.29 is 22.7 Å². The van der Waals surface area contributed by atoms with Gasteiger partial charge in [-0.1, -0.05) is 6.07 Å². The third kappa shape index (κ3) is 5.15. The van der Waals surface area contributed by atoms with E-state index in [1.807, 2.05) is 11.8 Å². The molecule has 1 aromatic carbocycles. The summed E-state index contributed by atoms with van der Waals surface area (Å²) in [7, 11) is -2.26. The first-order valence-electron chi connectivity index (χ1n) is 9.18. The molecule has 1 aromatic rings. The monoisotopic (exact) mass is 433 g/mol. The number of nitrogens with zero attached hydrogens (tertiary/aromatic N) is 2. The highest BCUT2D eigenvalue weighted by Gasteiger charge is 2.30. The fourth-order valence-electron chi connectivity index (χ4n) is 3.40. The maximum Gasteiger partial charge on any atom is 0.246 e. The molecule has 1 amide bonds. The molecule has 2 fully saturated rings. The van der Waals surface area contributed by atoms with E-state index in [-0.39, 0.29) is 41.4 Å². The topological polar surface area (TPSA) is 88.2 Å². The lowest BCUT2D eigenvalue weighted by molar-refractivity contribution is -0.131. The van der Waals surface area contributed by atoms with Gasteiger partial charge in [-0.25, -0.2) is 8.42 Å². The molecule has 2 saturated heterocycles. The maximum absolute atomic E-state index is 13.0. The van der Waals surface area contributed by atoms with Gasteiger partial charge in [0, 0.05) is 38.8 Å². The molecule has 0 radical (unpaired) electrons. The van der Waals surface area contributed by atoms with E-state index in [0.717, 1.165) is 6.54 Å². The molecule has 28 heavy (non-hydrogen) atoms. The average molecular weight is 434 g/mol. The Balaban J connectivity index is 0.00000280. The van der Waals surface area contributed by atoms with Crippen LogP contribution < -0.4 is 10.1 Å². The highest BCUT2D eigenvalue weighted by atomic mass is 35.5. The molecule has 1 unspecified atom stereocenters. The predicted molar refractivity (Wildman–Crippen MR) is 108 cm³/mol. The molecule has 1 atom stereocenters. The number of carbonyl (C=O) groups excluding carboxylic acids is 1. The molecule has 0 bridgehead atoms. The summed E-state index contributed by atoms with van der Waals surface area (Å²) in [6.07, 6.45) is 0.169. The van der Waals surface area contributed by atoms with Crippen LogP contribution in [0.15, 0.2) is 23.1 Å². The molecular weight excluding hydrogens is 406 g/mol. The molecule has 0 saturated carbocycles. The third-order valence-electron chi connectivity index (χ3n) is 4.89. The van der Waals surface area contributed by atoms with Crippen LogP contribution in [-0.2, 0) is 26.0 Å². The number of hydrogen-bond donors (Lipinski definition) is 1. The summed E-state index contributed by atoms with van der Waals surface area (Å²) in [4.78, 5) is 14.5. The Hall–Kier alpha value is -1.39. The third-order valence-corrected chi connectivity index (χ3v) is 6.81. The summed E-state index contributed by atoms with van der Waals surface area (Å²) < 4.78 is 38.0. The first kappa shape index (κ1) is 22.9. The van der Waals surface area contributed by atoms with Gasteiger partial charge in [0.25, 0.3) is 0 Å². The van der Waals surface area contributed by atoms with Gasteiger partial charge in [0.1, 0.15) is 10.6 Å². The van der Waals surface area contributed by atoms with Gasteiger partial charge in [-0.3, -0.25) is 4.79 Å². The Labute approximate surface area is 172 Å². The molecule has 0 aliphatic carbocycles. The number of sulfonamides is 1. The zero-order valence-electron chi connectivity index (χ0n) is 16.2. The number of piperazine rings is 1. The van der Waals surface area contributed by atoms with Crippen LogP contribution in [0.3, 0.4) is 0 Å². The smallest absolute Gasteiger partial charge is 0.246 e. The maximum atomic E-state index is 13.0. The molecular formula is C18H28ClN3O5S. The fourth-order valence-corrected chi connectivity index (χ4v) is 5.02. The Bertz CT molecular complexity index is 783. The van der Waals surface area contributed by atoms with Crippen LogP contribution in [0.2, 0.25) is 0 Å². The Morgan fingerprint density at radius 1 is 1.29 bits per heavy atom. The Kier molecular flexibility index (Phi) is 8.08. The first-order valence-corrected chi connectivity index (χ1v) is 10.6. The first-order chi connectivity index (χ1) is 12.9.